The van der Waals surface area contributed by atoms with Gasteiger partial charge in [-0.2, -0.15) is 26.3 Å². The molecule has 3 aromatic rings. The number of nitrogens with one attached hydrogen (secondary N) is 1. The minimum atomic E-state index is -4.49. The number of carbonyl (C=O) groups is 1. The number of fused-ring (bicyclic) bond motifs is 1. The van der Waals surface area contributed by atoms with Crippen molar-refractivity contribution in [3.8, 4) is 11.5 Å². The number of likely N-dealkylation sites (tertiary alicyclic amines) is 1. The van der Waals surface area contributed by atoms with E-state index in [4.69, 9.17) is 9.47 Å². The maximum absolute atomic E-state index is 12.8. The van der Waals surface area contributed by atoms with Crippen molar-refractivity contribution < 1.29 is 45.7 Å². The molecule has 0 aromatic heterocycles. The molecule has 2 unspecified atom stereocenters. The summed E-state index contributed by atoms with van der Waals surface area (Å²) in [6.45, 7) is 3.49. The Labute approximate surface area is 244 Å². The molecule has 1 saturated carbocycles. The first kappa shape index (κ1) is 30.7. The van der Waals surface area contributed by atoms with Crippen LogP contribution in [0.15, 0.2) is 72.8 Å². The van der Waals surface area contributed by atoms with Gasteiger partial charge in [0.15, 0.2) is 6.10 Å². The van der Waals surface area contributed by atoms with Crippen molar-refractivity contribution in [3.05, 3.63) is 95.1 Å². The van der Waals surface area contributed by atoms with Crippen molar-refractivity contribution in [2.24, 2.45) is 11.8 Å². The molecule has 5 rings (SSSR count). The average Bonchev–Trinajstić information content (AvgIpc) is 3.40. The van der Waals surface area contributed by atoms with Crippen LogP contribution in [0.5, 0.6) is 11.5 Å². The van der Waals surface area contributed by atoms with E-state index in [1.54, 1.807) is 24.3 Å². The van der Waals surface area contributed by atoms with Crippen molar-refractivity contribution >= 4 is 5.97 Å². The molecule has 3 aromatic carbocycles. The monoisotopic (exact) mass is 608 g/mol. The van der Waals surface area contributed by atoms with E-state index in [2.05, 4.69) is 10.2 Å². The average molecular weight is 609 g/mol. The zero-order valence-corrected chi connectivity index (χ0v) is 22.9. The van der Waals surface area contributed by atoms with Crippen LogP contribution in [0.25, 0.3) is 0 Å². The van der Waals surface area contributed by atoms with E-state index >= 15 is 0 Å². The molecule has 0 spiro atoms. The highest BCUT2D eigenvalue weighted by atomic mass is 19.4. The van der Waals surface area contributed by atoms with Gasteiger partial charge in [-0.3, -0.25) is 4.90 Å². The molecule has 1 aliphatic carbocycles. The van der Waals surface area contributed by atoms with Crippen LogP contribution in [0.3, 0.4) is 0 Å². The summed E-state index contributed by atoms with van der Waals surface area (Å²) in [5, 5.41) is 13.0. The number of halogens is 6. The molecule has 0 bridgehead atoms. The lowest BCUT2D eigenvalue weighted by atomic mass is 10.1. The summed E-state index contributed by atoms with van der Waals surface area (Å²) < 4.78 is 87.7. The summed E-state index contributed by atoms with van der Waals surface area (Å²) in [6.07, 6.45) is -10.1. The van der Waals surface area contributed by atoms with Crippen molar-refractivity contribution in [2.45, 2.75) is 37.5 Å². The number of benzene rings is 3. The molecule has 43 heavy (non-hydrogen) atoms. The lowest BCUT2D eigenvalue weighted by Gasteiger charge is -2.20. The summed E-state index contributed by atoms with van der Waals surface area (Å²) in [4.78, 5) is 13.9. The van der Waals surface area contributed by atoms with Gasteiger partial charge in [-0.05, 0) is 71.5 Å². The van der Waals surface area contributed by atoms with Gasteiger partial charge in [0.05, 0.1) is 11.1 Å². The normalized spacial score (nSPS) is 20.8. The van der Waals surface area contributed by atoms with Crippen LogP contribution in [-0.2, 0) is 30.1 Å². The second-order valence-electron chi connectivity index (χ2n) is 10.9. The third kappa shape index (κ3) is 7.99. The lowest BCUT2D eigenvalue weighted by Crippen LogP contribution is -2.33. The van der Waals surface area contributed by atoms with Crippen LogP contribution in [0, 0.1) is 11.8 Å². The first-order valence-corrected chi connectivity index (χ1v) is 13.8. The third-order valence-corrected chi connectivity index (χ3v) is 7.79. The molecule has 4 atom stereocenters. The zero-order chi connectivity index (χ0) is 30.8. The predicted octanol–water partition coefficient (Wildman–Crippen LogP) is 5.90. The highest BCUT2D eigenvalue weighted by Gasteiger charge is 2.55. The van der Waals surface area contributed by atoms with E-state index in [-0.39, 0.29) is 12.2 Å². The Hall–Kier alpha value is -3.77. The van der Waals surface area contributed by atoms with E-state index in [0.29, 0.717) is 48.9 Å². The van der Waals surface area contributed by atoms with Crippen LogP contribution in [-0.4, -0.2) is 54.4 Å². The van der Waals surface area contributed by atoms with Gasteiger partial charge in [-0.1, -0.05) is 24.3 Å². The van der Waals surface area contributed by atoms with Crippen molar-refractivity contribution in [1.82, 2.24) is 10.2 Å². The van der Waals surface area contributed by atoms with Crippen LogP contribution in [0.2, 0.25) is 0 Å². The molecular formula is C31H30F6N2O4. The Morgan fingerprint density at radius 2 is 1.33 bits per heavy atom. The minimum Gasteiger partial charge on any atom is -0.492 e. The number of alkyl halides is 6. The number of carboxylic acids is 1. The van der Waals surface area contributed by atoms with E-state index < -0.39 is 35.6 Å². The van der Waals surface area contributed by atoms with Crippen LogP contribution < -0.4 is 14.8 Å². The summed E-state index contributed by atoms with van der Waals surface area (Å²) in [7, 11) is 0. The molecule has 1 heterocycles. The first-order chi connectivity index (χ1) is 20.4. The second kappa shape index (κ2) is 12.5. The van der Waals surface area contributed by atoms with Gasteiger partial charge in [0.1, 0.15) is 18.1 Å². The smallest absolute Gasteiger partial charge is 0.416 e. The van der Waals surface area contributed by atoms with Crippen molar-refractivity contribution in [2.75, 3.05) is 26.2 Å². The van der Waals surface area contributed by atoms with Crippen LogP contribution >= 0.6 is 0 Å². The van der Waals surface area contributed by atoms with E-state index in [9.17, 15) is 36.2 Å². The Bertz CT molecular complexity index is 1370. The molecule has 12 heteroatoms. The number of rotatable bonds is 12. The number of hydrogen-bond donors (Lipinski definition) is 2. The van der Waals surface area contributed by atoms with Crippen LogP contribution in [0.4, 0.5) is 26.3 Å². The lowest BCUT2D eigenvalue weighted by molar-refractivity contribution is -0.145. The second-order valence-corrected chi connectivity index (χ2v) is 10.9. The van der Waals surface area contributed by atoms with Gasteiger partial charge >= 0.3 is 18.3 Å². The summed E-state index contributed by atoms with van der Waals surface area (Å²) >= 11 is 0. The molecule has 2 aliphatic rings. The fraction of sp³-hybridized carbons (Fsp3) is 0.387. The third-order valence-electron chi connectivity index (χ3n) is 7.79. The van der Waals surface area contributed by atoms with E-state index in [0.717, 1.165) is 55.1 Å². The standard InChI is InChI=1S/C31H30F6N2O4/c32-30(33,34)21-5-1-20(2-6-21)16-39-17-25-26(18-39)28(25)38-13-14-42-23-9-3-19(4-10-23)15-27(29(40)41)43-24-11-7-22(8-12-24)31(35,36)37/h1-12,25-28,38H,13-18H2,(H,40,41)/t25-,26?,27-,28?/m0/s1. The Kier molecular flexibility index (Phi) is 8.89. The molecule has 0 radical (unpaired) electrons. The number of nitrogens with zero attached hydrogens (tertiary/aromatic N) is 1. The number of carboxylic acid groups (broad SMARTS) is 1. The van der Waals surface area contributed by atoms with Gasteiger partial charge in [0, 0.05) is 38.6 Å². The molecule has 2 N–H and O–H groups in total. The largest absolute Gasteiger partial charge is 0.492 e. The SMILES string of the molecule is O=C(O)[C@H](Cc1ccc(OCCNC2C3CN(Cc4ccc(C(F)(F)F)cc4)C[C@@H]32)cc1)Oc1ccc(C(F)(F)F)cc1. The Morgan fingerprint density at radius 1 is 0.814 bits per heavy atom. The van der Waals surface area contributed by atoms with E-state index in [1.165, 1.54) is 12.1 Å². The fourth-order valence-electron chi connectivity index (χ4n) is 5.50. The Balaban J connectivity index is 0.999. The summed E-state index contributed by atoms with van der Waals surface area (Å²) in [5.74, 6) is 0.430. The van der Waals surface area contributed by atoms with Gasteiger partial charge < -0.3 is 19.9 Å². The summed E-state index contributed by atoms with van der Waals surface area (Å²) in [5.41, 5.74) is 0.0398. The molecule has 2 fully saturated rings. The number of piperidine rings is 1. The maximum Gasteiger partial charge on any atom is 0.416 e. The molecule has 6 nitrogen and oxygen atoms in total. The van der Waals surface area contributed by atoms with Gasteiger partial charge in [0.2, 0.25) is 0 Å². The van der Waals surface area contributed by atoms with Gasteiger partial charge in [0.25, 0.3) is 0 Å². The number of hydrogen-bond acceptors (Lipinski definition) is 5. The first-order valence-electron chi connectivity index (χ1n) is 13.8. The number of aliphatic carboxylic acids is 1. The minimum absolute atomic E-state index is 0.0124. The van der Waals surface area contributed by atoms with Crippen molar-refractivity contribution in [3.63, 3.8) is 0 Å². The molecule has 0 amide bonds. The van der Waals surface area contributed by atoms with Gasteiger partial charge in [-0.15, -0.1) is 0 Å². The highest BCUT2D eigenvalue weighted by Crippen LogP contribution is 2.45. The molecule has 1 saturated heterocycles. The fourth-order valence-corrected chi connectivity index (χ4v) is 5.50. The quantitative estimate of drug-likeness (QED) is 0.197. The highest BCUT2D eigenvalue weighted by molar-refractivity contribution is 5.73. The summed E-state index contributed by atoms with van der Waals surface area (Å²) in [6, 6.07) is 16.4. The van der Waals surface area contributed by atoms with Gasteiger partial charge in [-0.25, -0.2) is 4.79 Å². The topological polar surface area (TPSA) is 71.0 Å². The molecular weight excluding hydrogens is 578 g/mol. The molecule has 1 aliphatic heterocycles. The van der Waals surface area contributed by atoms with E-state index in [1.807, 2.05) is 0 Å². The van der Waals surface area contributed by atoms with Crippen LogP contribution in [0.1, 0.15) is 22.3 Å². The predicted molar refractivity (Wildman–Crippen MR) is 145 cm³/mol. The maximum atomic E-state index is 12.8. The van der Waals surface area contributed by atoms with Crippen molar-refractivity contribution in [1.29, 1.82) is 0 Å². The zero-order valence-electron chi connectivity index (χ0n) is 22.9. The number of ether oxygens (including phenoxy) is 2. The Morgan fingerprint density at radius 3 is 1.86 bits per heavy atom. The molecule has 230 valence electrons.